The summed E-state index contributed by atoms with van der Waals surface area (Å²) in [4.78, 5) is 12.2. The quantitative estimate of drug-likeness (QED) is 0.876. The Hall–Kier alpha value is -1.51. The minimum absolute atomic E-state index is 0.0233. The van der Waals surface area contributed by atoms with Gasteiger partial charge in [0, 0.05) is 11.6 Å². The summed E-state index contributed by atoms with van der Waals surface area (Å²) in [5.41, 5.74) is 1.37. The number of aryl methyl sites for hydroxylation is 1. The molecule has 0 spiro atoms. The van der Waals surface area contributed by atoms with E-state index in [0.717, 1.165) is 24.3 Å². The average Bonchev–Trinajstić information content (AvgIpc) is 2.42. The molecule has 0 aromatic heterocycles. The van der Waals surface area contributed by atoms with E-state index in [-0.39, 0.29) is 11.7 Å². The highest BCUT2D eigenvalue weighted by atomic mass is 16.3. The molecule has 2 unspecified atom stereocenters. The molecule has 0 bridgehead atoms. The average molecular weight is 261 g/mol. The van der Waals surface area contributed by atoms with Gasteiger partial charge >= 0.3 is 0 Å². The number of carbonyl (C=O) groups is 1. The molecule has 1 saturated carbocycles. The number of rotatable bonds is 3. The molecular weight excluding hydrogens is 238 g/mol. The van der Waals surface area contributed by atoms with E-state index in [4.69, 9.17) is 0 Å². The lowest BCUT2D eigenvalue weighted by Gasteiger charge is -2.29. The van der Waals surface area contributed by atoms with Crippen molar-refractivity contribution >= 4 is 5.91 Å². The van der Waals surface area contributed by atoms with Gasteiger partial charge in [-0.2, -0.15) is 0 Å². The Labute approximate surface area is 115 Å². The summed E-state index contributed by atoms with van der Waals surface area (Å²) < 4.78 is 0. The monoisotopic (exact) mass is 261 g/mol. The van der Waals surface area contributed by atoms with Gasteiger partial charge in [-0.15, -0.1) is 0 Å². The zero-order chi connectivity index (χ0) is 13.8. The smallest absolute Gasteiger partial charge is 0.251 e. The zero-order valence-electron chi connectivity index (χ0n) is 11.8. The predicted octanol–water partition coefficient (Wildman–Crippen LogP) is 3.40. The Morgan fingerprint density at radius 2 is 2.21 bits per heavy atom. The van der Waals surface area contributed by atoms with Crippen LogP contribution in [0.25, 0.3) is 0 Å². The van der Waals surface area contributed by atoms with E-state index in [1.165, 1.54) is 19.3 Å². The van der Waals surface area contributed by atoms with Crippen LogP contribution in [-0.2, 0) is 0 Å². The first kappa shape index (κ1) is 13.9. The van der Waals surface area contributed by atoms with Crippen molar-refractivity contribution in [1.29, 1.82) is 0 Å². The number of hydrogen-bond acceptors (Lipinski definition) is 2. The Morgan fingerprint density at radius 3 is 2.89 bits per heavy atom. The third kappa shape index (κ3) is 3.49. The molecule has 104 valence electrons. The van der Waals surface area contributed by atoms with E-state index in [0.29, 0.717) is 11.6 Å². The predicted molar refractivity (Wildman–Crippen MR) is 76.3 cm³/mol. The maximum absolute atomic E-state index is 12.2. The van der Waals surface area contributed by atoms with Gasteiger partial charge in [-0.3, -0.25) is 4.79 Å². The summed E-state index contributed by atoms with van der Waals surface area (Å²) in [6.45, 7) is 4.03. The molecule has 3 heteroatoms. The lowest BCUT2D eigenvalue weighted by atomic mass is 9.84. The molecule has 1 aliphatic rings. The van der Waals surface area contributed by atoms with Gasteiger partial charge in [-0.1, -0.05) is 26.2 Å². The Balaban J connectivity index is 1.98. The third-order valence-electron chi connectivity index (χ3n) is 4.15. The SMILES string of the molecule is CCC1CCCC(NC(=O)c2ccc(O)c(C)c2)C1. The van der Waals surface area contributed by atoms with E-state index in [9.17, 15) is 9.90 Å². The summed E-state index contributed by atoms with van der Waals surface area (Å²) in [7, 11) is 0. The maximum Gasteiger partial charge on any atom is 0.251 e. The second kappa shape index (κ2) is 6.09. The zero-order valence-corrected chi connectivity index (χ0v) is 11.8. The second-order valence-corrected chi connectivity index (χ2v) is 5.61. The van der Waals surface area contributed by atoms with E-state index in [1.807, 2.05) is 0 Å². The minimum atomic E-state index is -0.0233. The van der Waals surface area contributed by atoms with Crippen LogP contribution in [0.15, 0.2) is 18.2 Å². The summed E-state index contributed by atoms with van der Waals surface area (Å²) in [6, 6.07) is 5.31. The first-order valence-electron chi connectivity index (χ1n) is 7.20. The standard InChI is InChI=1S/C16H23NO2/c1-3-12-5-4-6-14(10-12)17-16(19)13-7-8-15(18)11(2)9-13/h7-9,12,14,18H,3-6,10H2,1-2H3,(H,17,19). The van der Waals surface area contributed by atoms with Crippen molar-refractivity contribution in [2.24, 2.45) is 5.92 Å². The first-order valence-corrected chi connectivity index (χ1v) is 7.20. The van der Waals surface area contributed by atoms with E-state index in [1.54, 1.807) is 25.1 Å². The van der Waals surface area contributed by atoms with Crippen molar-refractivity contribution in [3.8, 4) is 5.75 Å². The minimum Gasteiger partial charge on any atom is -0.508 e. The lowest BCUT2D eigenvalue weighted by molar-refractivity contribution is 0.0919. The summed E-state index contributed by atoms with van der Waals surface area (Å²) >= 11 is 0. The van der Waals surface area contributed by atoms with Gasteiger partial charge in [-0.05, 0) is 49.4 Å². The van der Waals surface area contributed by atoms with Crippen LogP contribution in [0.1, 0.15) is 54.9 Å². The normalized spacial score (nSPS) is 23.1. The van der Waals surface area contributed by atoms with Crippen LogP contribution in [0.3, 0.4) is 0 Å². The van der Waals surface area contributed by atoms with Crippen molar-refractivity contribution in [1.82, 2.24) is 5.32 Å². The molecule has 2 atom stereocenters. The topological polar surface area (TPSA) is 49.3 Å². The van der Waals surface area contributed by atoms with E-state index >= 15 is 0 Å². The van der Waals surface area contributed by atoms with Crippen LogP contribution in [0.4, 0.5) is 0 Å². The highest BCUT2D eigenvalue weighted by Crippen LogP contribution is 2.27. The van der Waals surface area contributed by atoms with Crippen LogP contribution in [0.2, 0.25) is 0 Å². The van der Waals surface area contributed by atoms with Crippen molar-refractivity contribution in [3.63, 3.8) is 0 Å². The fraction of sp³-hybridized carbons (Fsp3) is 0.562. The summed E-state index contributed by atoms with van der Waals surface area (Å²) in [6.07, 6.45) is 5.88. The number of carbonyl (C=O) groups excluding carboxylic acids is 1. The maximum atomic E-state index is 12.2. The number of hydrogen-bond donors (Lipinski definition) is 2. The van der Waals surface area contributed by atoms with Crippen molar-refractivity contribution in [2.45, 2.75) is 52.0 Å². The number of aromatic hydroxyl groups is 1. The number of amides is 1. The van der Waals surface area contributed by atoms with Gasteiger partial charge in [-0.25, -0.2) is 0 Å². The van der Waals surface area contributed by atoms with Crippen molar-refractivity contribution in [3.05, 3.63) is 29.3 Å². The molecule has 0 heterocycles. The molecule has 0 radical (unpaired) electrons. The van der Waals surface area contributed by atoms with Crippen LogP contribution in [0.5, 0.6) is 5.75 Å². The number of phenolic OH excluding ortho intramolecular Hbond substituents is 1. The largest absolute Gasteiger partial charge is 0.508 e. The Morgan fingerprint density at radius 1 is 1.42 bits per heavy atom. The molecule has 3 nitrogen and oxygen atoms in total. The third-order valence-corrected chi connectivity index (χ3v) is 4.15. The number of phenols is 1. The van der Waals surface area contributed by atoms with Gasteiger partial charge in [0.05, 0.1) is 0 Å². The molecule has 0 saturated heterocycles. The highest BCUT2D eigenvalue weighted by Gasteiger charge is 2.22. The Bertz CT molecular complexity index is 456. The van der Waals surface area contributed by atoms with Gasteiger partial charge in [0.15, 0.2) is 0 Å². The molecule has 1 amide bonds. The molecule has 19 heavy (non-hydrogen) atoms. The first-order chi connectivity index (χ1) is 9.10. The lowest BCUT2D eigenvalue weighted by Crippen LogP contribution is -2.38. The fourth-order valence-corrected chi connectivity index (χ4v) is 2.86. The number of nitrogens with one attached hydrogen (secondary N) is 1. The summed E-state index contributed by atoms with van der Waals surface area (Å²) in [5.74, 6) is 0.964. The number of benzene rings is 1. The highest BCUT2D eigenvalue weighted by molar-refractivity contribution is 5.94. The Kier molecular flexibility index (Phi) is 4.46. The molecule has 2 rings (SSSR count). The summed E-state index contributed by atoms with van der Waals surface area (Å²) in [5, 5.41) is 12.6. The molecule has 2 N–H and O–H groups in total. The molecule has 1 aliphatic carbocycles. The van der Waals surface area contributed by atoms with Gasteiger partial charge in [0.1, 0.15) is 5.75 Å². The van der Waals surface area contributed by atoms with Crippen molar-refractivity contribution in [2.75, 3.05) is 0 Å². The van der Waals surface area contributed by atoms with E-state index in [2.05, 4.69) is 12.2 Å². The van der Waals surface area contributed by atoms with E-state index < -0.39 is 0 Å². The van der Waals surface area contributed by atoms with Crippen LogP contribution in [-0.4, -0.2) is 17.1 Å². The molecule has 1 fully saturated rings. The molecule has 1 aromatic carbocycles. The van der Waals surface area contributed by atoms with Gasteiger partial charge < -0.3 is 10.4 Å². The van der Waals surface area contributed by atoms with Gasteiger partial charge in [0.2, 0.25) is 0 Å². The van der Waals surface area contributed by atoms with Crippen LogP contribution < -0.4 is 5.32 Å². The van der Waals surface area contributed by atoms with Crippen molar-refractivity contribution < 1.29 is 9.90 Å². The van der Waals surface area contributed by atoms with Gasteiger partial charge in [0.25, 0.3) is 5.91 Å². The molecule has 1 aromatic rings. The molecular formula is C16H23NO2. The molecule has 0 aliphatic heterocycles. The fourth-order valence-electron chi connectivity index (χ4n) is 2.86. The van der Waals surface area contributed by atoms with Crippen LogP contribution >= 0.6 is 0 Å². The van der Waals surface area contributed by atoms with Crippen LogP contribution in [0, 0.1) is 12.8 Å². The second-order valence-electron chi connectivity index (χ2n) is 5.61.